The van der Waals surface area contributed by atoms with Crippen LogP contribution in [0, 0.1) is 5.82 Å². The molecule has 0 spiro atoms. The van der Waals surface area contributed by atoms with Gasteiger partial charge in [-0.1, -0.05) is 25.4 Å². The van der Waals surface area contributed by atoms with Crippen molar-refractivity contribution in [2.45, 2.75) is 20.4 Å². The number of nitrogens with one attached hydrogen (secondary N) is 1. The van der Waals surface area contributed by atoms with Crippen LogP contribution in [0.4, 0.5) is 10.1 Å². The standard InChI is InChI=1S/C18H19ClFN5O/c1-3-24(4-2)10-12-8-21-17-14(9-22-25(17)11-12)18(26)23-13-5-6-16(20)15(19)7-13/h5-9,11H,3-4,10H2,1-2H3,(H,23,26). The summed E-state index contributed by atoms with van der Waals surface area (Å²) in [6.45, 7) is 6.87. The molecule has 0 aliphatic carbocycles. The smallest absolute Gasteiger partial charge is 0.261 e. The fourth-order valence-corrected chi connectivity index (χ4v) is 2.81. The number of benzene rings is 1. The van der Waals surface area contributed by atoms with Crippen molar-refractivity contribution < 1.29 is 9.18 Å². The molecule has 3 aromatic rings. The summed E-state index contributed by atoms with van der Waals surface area (Å²) < 4.78 is 14.8. The van der Waals surface area contributed by atoms with E-state index in [9.17, 15) is 9.18 Å². The first-order valence-electron chi connectivity index (χ1n) is 8.32. The van der Waals surface area contributed by atoms with Crippen LogP contribution in [0.1, 0.15) is 29.8 Å². The number of aromatic nitrogens is 3. The van der Waals surface area contributed by atoms with Crippen molar-refractivity contribution in [1.82, 2.24) is 19.5 Å². The lowest BCUT2D eigenvalue weighted by atomic mass is 10.2. The van der Waals surface area contributed by atoms with Crippen LogP contribution in [0.2, 0.25) is 5.02 Å². The van der Waals surface area contributed by atoms with Crippen LogP contribution in [0.15, 0.2) is 36.8 Å². The molecule has 8 heteroatoms. The minimum atomic E-state index is -0.539. The third-order valence-corrected chi connectivity index (χ3v) is 4.42. The average Bonchev–Trinajstić information content (AvgIpc) is 3.06. The first-order chi connectivity index (χ1) is 12.5. The molecule has 0 radical (unpaired) electrons. The van der Waals surface area contributed by atoms with Gasteiger partial charge in [0.25, 0.3) is 5.91 Å². The molecule has 2 aromatic heterocycles. The van der Waals surface area contributed by atoms with Crippen molar-refractivity contribution in [3.8, 4) is 0 Å². The molecule has 0 aliphatic rings. The lowest BCUT2D eigenvalue weighted by Gasteiger charge is -2.17. The number of carbonyl (C=O) groups is 1. The lowest BCUT2D eigenvalue weighted by Crippen LogP contribution is -2.22. The number of carbonyl (C=O) groups excluding carboxylic acids is 1. The van der Waals surface area contributed by atoms with Crippen molar-refractivity contribution in [2.75, 3.05) is 18.4 Å². The molecule has 0 unspecified atom stereocenters. The number of hydrogen-bond donors (Lipinski definition) is 1. The van der Waals surface area contributed by atoms with Gasteiger partial charge in [0, 0.05) is 30.2 Å². The van der Waals surface area contributed by atoms with Crippen LogP contribution >= 0.6 is 11.6 Å². The maximum absolute atomic E-state index is 13.2. The van der Waals surface area contributed by atoms with Gasteiger partial charge in [-0.15, -0.1) is 0 Å². The van der Waals surface area contributed by atoms with E-state index in [2.05, 4.69) is 34.1 Å². The number of rotatable bonds is 6. The molecule has 0 aliphatic heterocycles. The largest absolute Gasteiger partial charge is 0.322 e. The zero-order valence-electron chi connectivity index (χ0n) is 14.5. The molecule has 26 heavy (non-hydrogen) atoms. The molecule has 0 saturated carbocycles. The second-order valence-electron chi connectivity index (χ2n) is 5.83. The number of fused-ring (bicyclic) bond motifs is 1. The molecule has 2 heterocycles. The molecule has 0 fully saturated rings. The molecule has 1 aromatic carbocycles. The SMILES string of the molecule is CCN(CC)Cc1cnc2c(C(=O)Nc3ccc(F)c(Cl)c3)cnn2c1. The summed E-state index contributed by atoms with van der Waals surface area (Å²) >= 11 is 5.74. The number of halogens is 2. The van der Waals surface area contributed by atoms with Gasteiger partial charge in [0.1, 0.15) is 11.4 Å². The molecule has 1 amide bonds. The Labute approximate surface area is 155 Å². The van der Waals surface area contributed by atoms with Gasteiger partial charge >= 0.3 is 0 Å². The summed E-state index contributed by atoms with van der Waals surface area (Å²) in [6, 6.07) is 4.00. The van der Waals surface area contributed by atoms with Gasteiger partial charge < -0.3 is 5.32 Å². The lowest BCUT2D eigenvalue weighted by molar-refractivity contribution is 0.102. The molecule has 0 atom stereocenters. The fourth-order valence-electron chi connectivity index (χ4n) is 2.63. The van der Waals surface area contributed by atoms with E-state index in [1.165, 1.54) is 24.4 Å². The zero-order chi connectivity index (χ0) is 18.7. The quantitative estimate of drug-likeness (QED) is 0.714. The summed E-state index contributed by atoms with van der Waals surface area (Å²) in [5.41, 5.74) is 2.21. The molecule has 6 nitrogen and oxygen atoms in total. The highest BCUT2D eigenvalue weighted by Gasteiger charge is 2.15. The van der Waals surface area contributed by atoms with Crippen LogP contribution in [-0.4, -0.2) is 38.5 Å². The third kappa shape index (κ3) is 3.84. The molecule has 136 valence electrons. The van der Waals surface area contributed by atoms with Crippen LogP contribution in [0.25, 0.3) is 5.65 Å². The van der Waals surface area contributed by atoms with Gasteiger partial charge in [-0.3, -0.25) is 9.69 Å². The average molecular weight is 376 g/mol. The monoisotopic (exact) mass is 375 g/mol. The van der Waals surface area contributed by atoms with E-state index >= 15 is 0 Å². The van der Waals surface area contributed by atoms with Gasteiger partial charge in [-0.05, 0) is 31.3 Å². The minimum Gasteiger partial charge on any atom is -0.322 e. The zero-order valence-corrected chi connectivity index (χ0v) is 15.3. The van der Waals surface area contributed by atoms with Crippen LogP contribution in [0.3, 0.4) is 0 Å². The van der Waals surface area contributed by atoms with Crippen LogP contribution < -0.4 is 5.32 Å². The Kier molecular flexibility index (Phi) is 5.49. The van der Waals surface area contributed by atoms with E-state index in [1.807, 2.05) is 6.20 Å². The van der Waals surface area contributed by atoms with Crippen molar-refractivity contribution in [2.24, 2.45) is 0 Å². The van der Waals surface area contributed by atoms with Gasteiger partial charge in [-0.2, -0.15) is 5.10 Å². The van der Waals surface area contributed by atoms with Gasteiger partial charge in [0.05, 0.1) is 11.2 Å². The molecule has 0 bridgehead atoms. The number of amides is 1. The van der Waals surface area contributed by atoms with E-state index in [0.717, 1.165) is 25.2 Å². The van der Waals surface area contributed by atoms with E-state index in [-0.39, 0.29) is 10.9 Å². The first-order valence-corrected chi connectivity index (χ1v) is 8.70. The highest BCUT2D eigenvalue weighted by Crippen LogP contribution is 2.20. The van der Waals surface area contributed by atoms with E-state index in [1.54, 1.807) is 10.7 Å². The number of anilines is 1. The van der Waals surface area contributed by atoms with Crippen molar-refractivity contribution in [1.29, 1.82) is 0 Å². The van der Waals surface area contributed by atoms with Crippen molar-refractivity contribution in [3.05, 3.63) is 58.8 Å². The summed E-state index contributed by atoms with van der Waals surface area (Å²) in [4.78, 5) is 19.1. The summed E-state index contributed by atoms with van der Waals surface area (Å²) in [5, 5.41) is 6.85. The van der Waals surface area contributed by atoms with Gasteiger partial charge in [-0.25, -0.2) is 13.9 Å². The number of hydrogen-bond acceptors (Lipinski definition) is 4. The third-order valence-electron chi connectivity index (χ3n) is 4.13. The second-order valence-corrected chi connectivity index (χ2v) is 6.24. The predicted octanol–water partition coefficient (Wildman–Crippen LogP) is 3.62. The number of nitrogens with zero attached hydrogens (tertiary/aromatic N) is 4. The molecular formula is C18H19ClFN5O. The molecule has 0 saturated heterocycles. The summed E-state index contributed by atoms with van der Waals surface area (Å²) in [7, 11) is 0. The Morgan fingerprint density at radius 1 is 1.31 bits per heavy atom. The maximum Gasteiger partial charge on any atom is 0.261 e. The van der Waals surface area contributed by atoms with E-state index in [4.69, 9.17) is 11.6 Å². The predicted molar refractivity (Wildman–Crippen MR) is 99.0 cm³/mol. The van der Waals surface area contributed by atoms with Gasteiger partial charge in [0.15, 0.2) is 5.65 Å². The van der Waals surface area contributed by atoms with Crippen molar-refractivity contribution in [3.63, 3.8) is 0 Å². The Morgan fingerprint density at radius 2 is 2.08 bits per heavy atom. The molecular weight excluding hydrogens is 357 g/mol. The maximum atomic E-state index is 13.2. The Morgan fingerprint density at radius 3 is 2.77 bits per heavy atom. The molecule has 3 rings (SSSR count). The van der Waals surface area contributed by atoms with Crippen LogP contribution in [-0.2, 0) is 6.54 Å². The normalized spacial score (nSPS) is 11.3. The van der Waals surface area contributed by atoms with Gasteiger partial charge in [0.2, 0.25) is 0 Å². The van der Waals surface area contributed by atoms with E-state index < -0.39 is 5.82 Å². The molecule has 1 N–H and O–H groups in total. The Hall–Kier alpha value is -2.51. The topological polar surface area (TPSA) is 62.5 Å². The summed E-state index contributed by atoms with van der Waals surface area (Å²) in [6.07, 6.45) is 5.08. The Bertz CT molecular complexity index is 938. The highest BCUT2D eigenvalue weighted by atomic mass is 35.5. The second kappa shape index (κ2) is 7.80. The van der Waals surface area contributed by atoms with Crippen LogP contribution in [0.5, 0.6) is 0 Å². The Balaban J connectivity index is 1.81. The first kappa shape index (κ1) is 18.3. The summed E-state index contributed by atoms with van der Waals surface area (Å²) in [5.74, 6) is -0.922. The van der Waals surface area contributed by atoms with E-state index in [0.29, 0.717) is 16.9 Å². The van der Waals surface area contributed by atoms with Crippen molar-refractivity contribution >= 4 is 28.8 Å². The fraction of sp³-hybridized carbons (Fsp3) is 0.278. The highest BCUT2D eigenvalue weighted by molar-refractivity contribution is 6.31. The minimum absolute atomic E-state index is 0.0539.